The fraction of sp³-hybridized carbons (Fsp3) is 0.364. The first-order valence-corrected chi connectivity index (χ1v) is 5.90. The van der Waals surface area contributed by atoms with Crippen molar-refractivity contribution in [1.82, 2.24) is 5.32 Å². The van der Waals surface area contributed by atoms with Crippen LogP contribution in [-0.2, 0) is 4.74 Å². The van der Waals surface area contributed by atoms with E-state index >= 15 is 0 Å². The summed E-state index contributed by atoms with van der Waals surface area (Å²) in [5.74, 6) is -0.401. The normalized spacial score (nSPS) is 10.1. The molecule has 3 nitrogen and oxygen atoms in total. The second-order valence-electron chi connectivity index (χ2n) is 3.39. The van der Waals surface area contributed by atoms with Crippen molar-refractivity contribution in [3.8, 4) is 0 Å². The van der Waals surface area contributed by atoms with Gasteiger partial charge in [-0.05, 0) is 36.8 Å². The fourth-order valence-corrected chi connectivity index (χ4v) is 1.66. The van der Waals surface area contributed by atoms with Crippen LogP contribution in [0, 0.1) is 5.82 Å². The maximum absolute atomic E-state index is 13.0. The van der Waals surface area contributed by atoms with E-state index in [4.69, 9.17) is 28.6 Å². The molecule has 0 aliphatic rings. The minimum atomic E-state index is -0.401. The third-order valence-corrected chi connectivity index (χ3v) is 2.40. The summed E-state index contributed by atoms with van der Waals surface area (Å²) in [6.07, 6.45) is 0.849. The van der Waals surface area contributed by atoms with E-state index in [0.717, 1.165) is 6.42 Å². The molecule has 0 radical (unpaired) electrons. The summed E-state index contributed by atoms with van der Waals surface area (Å²) in [5.41, 5.74) is 0.527. The van der Waals surface area contributed by atoms with Gasteiger partial charge in [0.2, 0.25) is 0 Å². The van der Waals surface area contributed by atoms with Gasteiger partial charge in [0.25, 0.3) is 0 Å². The molecule has 0 fully saturated rings. The van der Waals surface area contributed by atoms with Gasteiger partial charge in [0.1, 0.15) is 5.82 Å². The van der Waals surface area contributed by atoms with Crippen molar-refractivity contribution >= 4 is 34.6 Å². The molecule has 0 aliphatic heterocycles. The molecular weight excluding hydrogens is 263 g/mol. The smallest absolute Gasteiger partial charge is 0.170 e. The molecule has 1 rings (SSSR count). The molecule has 0 bridgehead atoms. The number of nitrogens with one attached hydrogen (secondary N) is 2. The quantitative estimate of drug-likeness (QED) is 0.640. The summed E-state index contributed by atoms with van der Waals surface area (Å²) in [6.45, 7) is 1.37. The average Bonchev–Trinajstić information content (AvgIpc) is 2.23. The Morgan fingerprint density at radius 2 is 2.24 bits per heavy atom. The van der Waals surface area contributed by atoms with Crippen molar-refractivity contribution in [2.75, 3.05) is 25.6 Å². The van der Waals surface area contributed by atoms with Gasteiger partial charge in [-0.3, -0.25) is 0 Å². The van der Waals surface area contributed by atoms with Crippen molar-refractivity contribution in [1.29, 1.82) is 0 Å². The second kappa shape index (κ2) is 7.42. The highest BCUT2D eigenvalue weighted by atomic mass is 35.5. The first-order chi connectivity index (χ1) is 8.11. The van der Waals surface area contributed by atoms with Gasteiger partial charge >= 0.3 is 0 Å². The Kier molecular flexibility index (Phi) is 6.18. The summed E-state index contributed by atoms with van der Waals surface area (Å²) in [5, 5.41) is 6.60. The van der Waals surface area contributed by atoms with Crippen LogP contribution in [0.1, 0.15) is 6.42 Å². The van der Waals surface area contributed by atoms with Crippen LogP contribution in [0.2, 0.25) is 5.02 Å². The van der Waals surface area contributed by atoms with E-state index in [2.05, 4.69) is 10.6 Å². The fourth-order valence-electron chi connectivity index (χ4n) is 1.22. The second-order valence-corrected chi connectivity index (χ2v) is 4.23. The first kappa shape index (κ1) is 14.2. The van der Waals surface area contributed by atoms with E-state index in [-0.39, 0.29) is 0 Å². The minimum absolute atomic E-state index is 0.328. The molecule has 0 aliphatic carbocycles. The lowest BCUT2D eigenvalue weighted by Gasteiger charge is -2.10. The van der Waals surface area contributed by atoms with Crippen LogP contribution < -0.4 is 10.6 Å². The first-order valence-electron chi connectivity index (χ1n) is 5.11. The Morgan fingerprint density at radius 3 is 2.88 bits per heavy atom. The van der Waals surface area contributed by atoms with Crippen LogP contribution >= 0.6 is 23.8 Å². The topological polar surface area (TPSA) is 33.3 Å². The molecule has 0 heterocycles. The zero-order valence-corrected chi connectivity index (χ0v) is 11.0. The monoisotopic (exact) mass is 276 g/mol. The number of anilines is 1. The van der Waals surface area contributed by atoms with Crippen LogP contribution in [0.5, 0.6) is 0 Å². The summed E-state index contributed by atoms with van der Waals surface area (Å²) in [4.78, 5) is 0. The molecule has 0 unspecified atom stereocenters. The number of hydrogen-bond acceptors (Lipinski definition) is 2. The summed E-state index contributed by atoms with van der Waals surface area (Å²) in [7, 11) is 1.64. The summed E-state index contributed by atoms with van der Waals surface area (Å²) < 4.78 is 17.9. The van der Waals surface area contributed by atoms with Crippen molar-refractivity contribution in [3.63, 3.8) is 0 Å². The molecule has 0 spiro atoms. The third-order valence-electron chi connectivity index (χ3n) is 1.93. The zero-order valence-electron chi connectivity index (χ0n) is 9.43. The van der Waals surface area contributed by atoms with Crippen molar-refractivity contribution in [2.24, 2.45) is 0 Å². The van der Waals surface area contributed by atoms with Crippen LogP contribution in [0.25, 0.3) is 0 Å². The van der Waals surface area contributed by atoms with E-state index in [1.165, 1.54) is 12.1 Å². The largest absolute Gasteiger partial charge is 0.385 e. The van der Waals surface area contributed by atoms with Crippen LogP contribution in [-0.4, -0.2) is 25.4 Å². The molecule has 0 saturated heterocycles. The molecule has 94 valence electrons. The molecule has 0 amide bonds. The van der Waals surface area contributed by atoms with Crippen LogP contribution in [0.15, 0.2) is 18.2 Å². The van der Waals surface area contributed by atoms with E-state index < -0.39 is 5.82 Å². The predicted molar refractivity (Wildman–Crippen MR) is 72.1 cm³/mol. The molecule has 6 heteroatoms. The molecule has 17 heavy (non-hydrogen) atoms. The Bertz CT molecular complexity index is 369. The lowest BCUT2D eigenvalue weighted by molar-refractivity contribution is 0.196. The lowest BCUT2D eigenvalue weighted by atomic mass is 10.3. The van der Waals surface area contributed by atoms with Crippen LogP contribution in [0.4, 0.5) is 10.1 Å². The van der Waals surface area contributed by atoms with E-state index in [9.17, 15) is 4.39 Å². The van der Waals surface area contributed by atoms with Crippen LogP contribution in [0.3, 0.4) is 0 Å². The molecule has 1 aromatic carbocycles. The molecule has 0 saturated carbocycles. The summed E-state index contributed by atoms with van der Waals surface area (Å²) >= 11 is 10.8. The number of halogens is 2. The number of thiocarbonyl (C=S) groups is 1. The maximum atomic E-state index is 13.0. The van der Waals surface area contributed by atoms with Gasteiger partial charge in [0, 0.05) is 31.0 Å². The van der Waals surface area contributed by atoms with Crippen molar-refractivity contribution in [3.05, 3.63) is 29.0 Å². The Balaban J connectivity index is 2.39. The molecule has 0 aromatic heterocycles. The molecule has 2 N–H and O–H groups in total. The Labute approximate surface area is 110 Å². The van der Waals surface area contributed by atoms with Gasteiger partial charge in [-0.15, -0.1) is 0 Å². The van der Waals surface area contributed by atoms with Crippen molar-refractivity contribution < 1.29 is 9.13 Å². The molecule has 0 atom stereocenters. The SMILES string of the molecule is COCCCNC(=S)Nc1cc(F)cc(Cl)c1. The minimum Gasteiger partial charge on any atom is -0.385 e. The Hall–Kier alpha value is -0.910. The zero-order chi connectivity index (χ0) is 12.7. The highest BCUT2D eigenvalue weighted by Gasteiger charge is 2.01. The van der Waals surface area contributed by atoms with Gasteiger partial charge in [0.15, 0.2) is 5.11 Å². The third kappa shape index (κ3) is 5.81. The van der Waals surface area contributed by atoms with Crippen molar-refractivity contribution in [2.45, 2.75) is 6.42 Å². The molecule has 1 aromatic rings. The maximum Gasteiger partial charge on any atom is 0.170 e. The molecular formula is C11H14ClFN2OS. The van der Waals surface area contributed by atoms with E-state index in [1.807, 2.05) is 0 Å². The predicted octanol–water partition coefficient (Wildman–Crippen LogP) is 2.80. The van der Waals surface area contributed by atoms with Gasteiger partial charge in [-0.2, -0.15) is 0 Å². The number of methoxy groups -OCH3 is 1. The van der Waals surface area contributed by atoms with E-state index in [0.29, 0.717) is 29.0 Å². The number of benzene rings is 1. The average molecular weight is 277 g/mol. The van der Waals surface area contributed by atoms with E-state index in [1.54, 1.807) is 13.2 Å². The number of rotatable bonds is 5. The highest BCUT2D eigenvalue weighted by Crippen LogP contribution is 2.17. The summed E-state index contributed by atoms with van der Waals surface area (Å²) in [6, 6.07) is 4.17. The van der Waals surface area contributed by atoms with Gasteiger partial charge < -0.3 is 15.4 Å². The number of ether oxygens (including phenoxy) is 1. The van der Waals surface area contributed by atoms with Gasteiger partial charge in [0.05, 0.1) is 0 Å². The Morgan fingerprint density at radius 1 is 1.47 bits per heavy atom. The highest BCUT2D eigenvalue weighted by molar-refractivity contribution is 7.80. The van der Waals surface area contributed by atoms with Gasteiger partial charge in [-0.25, -0.2) is 4.39 Å². The number of hydrogen-bond donors (Lipinski definition) is 2. The lowest BCUT2D eigenvalue weighted by Crippen LogP contribution is -2.29. The standard InChI is InChI=1S/C11H14ClFN2OS/c1-16-4-2-3-14-11(17)15-10-6-8(12)5-9(13)7-10/h5-7H,2-4H2,1H3,(H2,14,15,17). The van der Waals surface area contributed by atoms with Gasteiger partial charge in [-0.1, -0.05) is 11.6 Å².